The first-order valence-electron chi connectivity index (χ1n) is 9.51. The van der Waals surface area contributed by atoms with Gasteiger partial charge in [0.25, 0.3) is 0 Å². The Balaban J connectivity index is 1.95. The van der Waals surface area contributed by atoms with E-state index in [4.69, 9.17) is 9.72 Å². The highest BCUT2D eigenvalue weighted by molar-refractivity contribution is 7.90. The molecule has 1 aromatic heterocycles. The van der Waals surface area contributed by atoms with Crippen molar-refractivity contribution in [2.45, 2.75) is 45.9 Å². The smallest absolute Gasteiger partial charge is 0.137 e. The van der Waals surface area contributed by atoms with E-state index in [0.29, 0.717) is 0 Å². The molecule has 148 valence electrons. The highest BCUT2D eigenvalue weighted by atomic mass is 32.2. The molecular weight excluding hydrogens is 370 g/mol. The lowest BCUT2D eigenvalue weighted by atomic mass is 10.1. The van der Waals surface area contributed by atoms with Crippen molar-refractivity contribution in [3.8, 4) is 5.75 Å². The van der Waals surface area contributed by atoms with Crippen LogP contribution in [0.1, 0.15) is 44.6 Å². The first kappa shape index (κ1) is 20.4. The Labute approximate surface area is 169 Å². The van der Waals surface area contributed by atoms with Gasteiger partial charge >= 0.3 is 0 Å². The van der Waals surface area contributed by atoms with Crippen molar-refractivity contribution in [3.63, 3.8) is 0 Å². The molecular formula is C22H27N3O2S. The molecule has 6 heteroatoms. The Morgan fingerprint density at radius 3 is 2.54 bits per heavy atom. The summed E-state index contributed by atoms with van der Waals surface area (Å²) in [5.41, 5.74) is 4.96. The van der Waals surface area contributed by atoms with Crippen molar-refractivity contribution in [3.05, 3.63) is 59.4 Å². The van der Waals surface area contributed by atoms with Gasteiger partial charge in [0.15, 0.2) is 0 Å². The summed E-state index contributed by atoms with van der Waals surface area (Å²) in [5, 5.41) is 0.00841. The number of imidazole rings is 1. The van der Waals surface area contributed by atoms with Crippen molar-refractivity contribution >= 4 is 28.1 Å². The minimum absolute atomic E-state index is 0.00841. The van der Waals surface area contributed by atoms with Crippen LogP contribution in [0.5, 0.6) is 5.75 Å². The van der Waals surface area contributed by atoms with Crippen LogP contribution in [-0.4, -0.2) is 32.2 Å². The van der Waals surface area contributed by atoms with E-state index in [1.807, 2.05) is 45.0 Å². The standard InChI is InChI=1S/C22H27N3O2S/c1-6-22-23-20-13-18(16(4)24-28(26)15(2)3)9-12-21(20)25(22)14-17-7-10-19(27-5)11-8-17/h7-13,15H,6,14H2,1-5H3. The summed E-state index contributed by atoms with van der Waals surface area (Å²) < 4.78 is 23.9. The molecule has 0 aliphatic rings. The lowest BCUT2D eigenvalue weighted by molar-refractivity contribution is 0.414. The van der Waals surface area contributed by atoms with Crippen LogP contribution >= 0.6 is 0 Å². The average molecular weight is 398 g/mol. The van der Waals surface area contributed by atoms with Crippen molar-refractivity contribution in [1.82, 2.24) is 9.55 Å². The minimum atomic E-state index is -1.21. The number of aromatic nitrogens is 2. The normalized spacial score (nSPS) is 13.3. The molecule has 0 N–H and O–H groups in total. The van der Waals surface area contributed by atoms with Gasteiger partial charge in [-0.15, -0.1) is 0 Å². The molecule has 1 heterocycles. The fraction of sp³-hybridized carbons (Fsp3) is 0.364. The third-order valence-corrected chi connectivity index (χ3v) is 5.95. The summed E-state index contributed by atoms with van der Waals surface area (Å²) in [6, 6.07) is 14.3. The van der Waals surface area contributed by atoms with E-state index in [2.05, 4.69) is 34.1 Å². The summed E-state index contributed by atoms with van der Waals surface area (Å²) in [6.45, 7) is 8.59. The van der Waals surface area contributed by atoms with Gasteiger partial charge in [-0.3, -0.25) is 0 Å². The van der Waals surface area contributed by atoms with Crippen LogP contribution in [0, 0.1) is 0 Å². The van der Waals surface area contributed by atoms with E-state index < -0.39 is 11.4 Å². The van der Waals surface area contributed by atoms with E-state index in [9.17, 15) is 4.55 Å². The lowest BCUT2D eigenvalue weighted by Gasteiger charge is -2.10. The molecule has 0 aliphatic carbocycles. The van der Waals surface area contributed by atoms with Gasteiger partial charge in [-0.25, -0.2) is 4.98 Å². The highest BCUT2D eigenvalue weighted by Crippen LogP contribution is 2.22. The molecule has 3 aromatic rings. The number of ether oxygens (including phenoxy) is 1. The quantitative estimate of drug-likeness (QED) is 0.434. The van der Waals surface area contributed by atoms with Crippen LogP contribution in [0.25, 0.3) is 11.0 Å². The van der Waals surface area contributed by atoms with Gasteiger partial charge in [0.05, 0.1) is 35.2 Å². The van der Waals surface area contributed by atoms with Crippen LogP contribution in [0.2, 0.25) is 0 Å². The Morgan fingerprint density at radius 2 is 1.93 bits per heavy atom. The zero-order valence-electron chi connectivity index (χ0n) is 17.1. The zero-order valence-corrected chi connectivity index (χ0v) is 17.9. The molecule has 28 heavy (non-hydrogen) atoms. The van der Waals surface area contributed by atoms with Crippen LogP contribution in [0.3, 0.4) is 0 Å². The summed E-state index contributed by atoms with van der Waals surface area (Å²) in [4.78, 5) is 4.83. The fourth-order valence-corrected chi connectivity index (χ4v) is 3.64. The number of benzene rings is 2. The third kappa shape index (κ3) is 4.39. The number of rotatable bonds is 7. The van der Waals surface area contributed by atoms with Gasteiger partial charge < -0.3 is 13.9 Å². The number of hydrogen-bond acceptors (Lipinski definition) is 4. The van der Waals surface area contributed by atoms with Gasteiger partial charge in [-0.2, -0.15) is 0 Å². The van der Waals surface area contributed by atoms with Gasteiger partial charge in [0, 0.05) is 18.5 Å². The Morgan fingerprint density at radius 1 is 1.21 bits per heavy atom. The molecule has 0 radical (unpaired) electrons. The molecule has 0 amide bonds. The molecule has 1 atom stereocenters. The van der Waals surface area contributed by atoms with Crippen molar-refractivity contribution in [1.29, 1.82) is 0 Å². The Kier molecular flexibility index (Phi) is 6.42. The highest BCUT2D eigenvalue weighted by Gasteiger charge is 2.14. The predicted molar refractivity (Wildman–Crippen MR) is 117 cm³/mol. The Hall–Kier alpha value is -2.31. The van der Waals surface area contributed by atoms with E-state index in [1.54, 1.807) is 7.11 Å². The average Bonchev–Trinajstić information content (AvgIpc) is 3.05. The maximum Gasteiger partial charge on any atom is 0.137 e. The third-order valence-electron chi connectivity index (χ3n) is 4.69. The maximum absolute atomic E-state index is 12.0. The number of aryl methyl sites for hydroxylation is 1. The minimum Gasteiger partial charge on any atom is -0.591 e. The lowest BCUT2D eigenvalue weighted by Crippen LogP contribution is -2.13. The first-order valence-corrected chi connectivity index (χ1v) is 10.7. The van der Waals surface area contributed by atoms with E-state index >= 15 is 0 Å². The second-order valence-electron chi connectivity index (χ2n) is 7.02. The number of fused-ring (bicyclic) bond motifs is 1. The molecule has 5 nitrogen and oxygen atoms in total. The van der Waals surface area contributed by atoms with Gasteiger partial charge in [-0.05, 0) is 50.6 Å². The molecule has 0 saturated carbocycles. The molecule has 0 aliphatic heterocycles. The van der Waals surface area contributed by atoms with Crippen molar-refractivity contribution < 1.29 is 9.29 Å². The summed E-state index contributed by atoms with van der Waals surface area (Å²) in [5.74, 6) is 1.90. The van der Waals surface area contributed by atoms with Gasteiger partial charge in [0.2, 0.25) is 0 Å². The van der Waals surface area contributed by atoms with E-state index in [1.165, 1.54) is 5.56 Å². The van der Waals surface area contributed by atoms with Crippen LogP contribution in [0.15, 0.2) is 46.9 Å². The topological polar surface area (TPSA) is 62.5 Å². The second-order valence-corrected chi connectivity index (χ2v) is 8.70. The van der Waals surface area contributed by atoms with Crippen LogP contribution in [-0.2, 0) is 24.3 Å². The number of nitrogens with zero attached hydrogens (tertiary/aromatic N) is 3. The van der Waals surface area contributed by atoms with E-state index in [0.717, 1.165) is 46.8 Å². The fourth-order valence-electron chi connectivity index (χ4n) is 3.06. The molecule has 0 saturated heterocycles. The number of methoxy groups -OCH3 is 1. The molecule has 0 bridgehead atoms. The monoisotopic (exact) mass is 397 g/mol. The molecule has 2 aromatic carbocycles. The van der Waals surface area contributed by atoms with Crippen LogP contribution in [0.4, 0.5) is 0 Å². The molecule has 1 unspecified atom stereocenters. The van der Waals surface area contributed by atoms with E-state index in [-0.39, 0.29) is 5.25 Å². The Bertz CT molecular complexity index is 977. The summed E-state index contributed by atoms with van der Waals surface area (Å²) in [7, 11) is 1.67. The number of hydrogen-bond donors (Lipinski definition) is 0. The van der Waals surface area contributed by atoms with Crippen molar-refractivity contribution in [2.24, 2.45) is 4.40 Å². The molecule has 0 spiro atoms. The van der Waals surface area contributed by atoms with Crippen LogP contribution < -0.4 is 4.74 Å². The summed E-state index contributed by atoms with van der Waals surface area (Å²) >= 11 is -1.21. The largest absolute Gasteiger partial charge is 0.591 e. The van der Waals surface area contributed by atoms with Gasteiger partial charge in [-0.1, -0.05) is 29.5 Å². The zero-order chi connectivity index (χ0) is 20.3. The second kappa shape index (κ2) is 8.80. The first-order chi connectivity index (χ1) is 13.4. The van der Waals surface area contributed by atoms with Crippen molar-refractivity contribution in [2.75, 3.05) is 7.11 Å². The van der Waals surface area contributed by atoms with Gasteiger partial charge in [0.1, 0.15) is 16.8 Å². The molecule has 0 fully saturated rings. The predicted octanol–water partition coefficient (Wildman–Crippen LogP) is 4.54. The maximum atomic E-state index is 12.0. The SMILES string of the molecule is CCc1nc2cc(C(C)=N[S+]([O-])C(C)C)ccc2n1Cc1ccc(OC)cc1. The summed E-state index contributed by atoms with van der Waals surface area (Å²) in [6.07, 6.45) is 0.852. The molecule has 3 rings (SSSR count).